The maximum atomic E-state index is 12.3. The van der Waals surface area contributed by atoms with Gasteiger partial charge in [-0.15, -0.1) is 0 Å². The Bertz CT molecular complexity index is 848. The third-order valence-corrected chi connectivity index (χ3v) is 8.12. The molecule has 1 atom stereocenters. The van der Waals surface area contributed by atoms with Gasteiger partial charge in [0.05, 0.1) is 6.61 Å². The van der Waals surface area contributed by atoms with Crippen molar-refractivity contribution >= 4 is 19.8 Å². The second-order valence-electron chi connectivity index (χ2n) is 12.2. The predicted molar refractivity (Wildman–Crippen MR) is 188 cm³/mol. The van der Waals surface area contributed by atoms with Crippen LogP contribution in [0.1, 0.15) is 168 Å². The first kappa shape index (κ1) is 44.3. The van der Waals surface area contributed by atoms with E-state index in [9.17, 15) is 14.2 Å². The van der Waals surface area contributed by atoms with Crippen molar-refractivity contribution < 1.29 is 37.9 Å². The fraction of sp³-hybridized carbons (Fsp3) is 0.784. The maximum Gasteiger partial charge on any atom is 0.469 e. The third-order valence-electron chi connectivity index (χ3n) is 7.63. The molecule has 0 saturated carbocycles. The summed E-state index contributed by atoms with van der Waals surface area (Å²) in [4.78, 5) is 42.6. The average molecular weight is 671 g/mol. The lowest BCUT2D eigenvalue weighted by atomic mass is 10.1. The highest BCUT2D eigenvalue weighted by Crippen LogP contribution is 2.36. The van der Waals surface area contributed by atoms with E-state index in [0.717, 1.165) is 77.0 Å². The zero-order chi connectivity index (χ0) is 34.0. The number of esters is 2. The third kappa shape index (κ3) is 35.1. The molecule has 0 aliphatic heterocycles. The lowest BCUT2D eigenvalue weighted by Gasteiger charge is -2.18. The van der Waals surface area contributed by atoms with Crippen LogP contribution in [0, 0.1) is 0 Å². The van der Waals surface area contributed by atoms with Crippen molar-refractivity contribution in [2.45, 2.75) is 174 Å². The molecule has 0 aromatic rings. The normalized spacial score (nSPS) is 12.9. The quantitative estimate of drug-likeness (QED) is 0.0306. The topological polar surface area (TPSA) is 119 Å². The molecular weight excluding hydrogens is 603 g/mol. The highest BCUT2D eigenvalue weighted by molar-refractivity contribution is 7.46. The molecule has 0 aliphatic carbocycles. The first-order valence-corrected chi connectivity index (χ1v) is 19.8. The van der Waals surface area contributed by atoms with E-state index in [1.807, 2.05) is 0 Å². The average Bonchev–Trinajstić information content (AvgIpc) is 3.02. The van der Waals surface area contributed by atoms with Crippen LogP contribution >= 0.6 is 7.82 Å². The Balaban J connectivity index is 4.02. The van der Waals surface area contributed by atoms with E-state index >= 15 is 0 Å². The number of phosphoric acid groups is 1. The highest BCUT2D eigenvalue weighted by atomic mass is 31.2. The summed E-state index contributed by atoms with van der Waals surface area (Å²) in [7, 11) is -4.75. The molecule has 0 aliphatic rings. The van der Waals surface area contributed by atoms with Crippen molar-refractivity contribution in [1.29, 1.82) is 0 Å². The SMILES string of the molecule is CCCC/C=C/C/C=C/CCCCCCCC(=O)O[C@H](COC(=O)CCCCCCC/C=C/CCCCCCC)COP(=O)(O)O. The molecule has 0 aromatic heterocycles. The van der Waals surface area contributed by atoms with Crippen LogP contribution in [0.25, 0.3) is 0 Å². The van der Waals surface area contributed by atoms with E-state index in [0.29, 0.717) is 12.8 Å². The van der Waals surface area contributed by atoms with Crippen LogP contribution in [0.2, 0.25) is 0 Å². The molecule has 2 N–H and O–H groups in total. The summed E-state index contributed by atoms with van der Waals surface area (Å²) >= 11 is 0. The Hall–Kier alpha value is -1.73. The maximum absolute atomic E-state index is 12.3. The van der Waals surface area contributed by atoms with Gasteiger partial charge in [-0.2, -0.15) is 0 Å². The first-order chi connectivity index (χ1) is 22.3. The molecule has 0 radical (unpaired) electrons. The van der Waals surface area contributed by atoms with Gasteiger partial charge in [-0.1, -0.05) is 127 Å². The Morgan fingerprint density at radius 1 is 0.565 bits per heavy atom. The summed E-state index contributed by atoms with van der Waals surface area (Å²) in [6.45, 7) is 3.60. The van der Waals surface area contributed by atoms with Crippen molar-refractivity contribution in [2.75, 3.05) is 13.2 Å². The molecule has 46 heavy (non-hydrogen) atoms. The van der Waals surface area contributed by atoms with Crippen molar-refractivity contribution in [3.05, 3.63) is 36.5 Å². The number of phosphoric ester groups is 1. The summed E-state index contributed by atoms with van der Waals surface area (Å²) in [6, 6.07) is 0. The van der Waals surface area contributed by atoms with Crippen LogP contribution in [0.5, 0.6) is 0 Å². The largest absolute Gasteiger partial charge is 0.469 e. The summed E-state index contributed by atoms with van der Waals surface area (Å²) in [5.41, 5.74) is 0. The Morgan fingerprint density at radius 2 is 1.00 bits per heavy atom. The lowest BCUT2D eigenvalue weighted by Crippen LogP contribution is -2.29. The number of carbonyl (C=O) groups excluding carboxylic acids is 2. The Labute approximate surface area is 281 Å². The van der Waals surface area contributed by atoms with Crippen LogP contribution < -0.4 is 0 Å². The van der Waals surface area contributed by atoms with Crippen LogP contribution in [0.15, 0.2) is 36.5 Å². The van der Waals surface area contributed by atoms with Gasteiger partial charge >= 0.3 is 19.8 Å². The number of rotatable bonds is 33. The zero-order valence-electron chi connectivity index (χ0n) is 29.2. The van der Waals surface area contributed by atoms with Gasteiger partial charge in [0, 0.05) is 12.8 Å². The van der Waals surface area contributed by atoms with Crippen molar-refractivity contribution in [3.63, 3.8) is 0 Å². The second-order valence-corrected chi connectivity index (χ2v) is 13.4. The van der Waals surface area contributed by atoms with Crippen LogP contribution in [-0.4, -0.2) is 41.0 Å². The number of unbranched alkanes of at least 4 members (excludes halogenated alkanes) is 17. The summed E-state index contributed by atoms with van der Waals surface area (Å²) < 4.78 is 26.2. The standard InChI is InChI=1S/C37H67O8P/c1-3-5-7-9-11-13-15-17-19-21-23-25-27-29-31-36(38)43-33-35(34-44-46(40,41)42)45-37(39)32-30-28-26-24-22-20-18-16-14-12-10-8-6-4-2/h10,12,15-18,35H,3-9,11,13-14,19-34H2,1-2H3,(H2,40,41,42)/b12-10+,17-15+,18-16+/t35-/m1/s1. The van der Waals surface area contributed by atoms with Crippen LogP contribution in [-0.2, 0) is 28.2 Å². The molecule has 8 nitrogen and oxygen atoms in total. The van der Waals surface area contributed by atoms with E-state index in [2.05, 4.69) is 54.8 Å². The summed E-state index contributed by atoms with van der Waals surface area (Å²) in [6.07, 6.45) is 37.2. The molecular formula is C37H67O8P. The molecule has 0 spiro atoms. The van der Waals surface area contributed by atoms with Crippen molar-refractivity contribution in [1.82, 2.24) is 0 Å². The monoisotopic (exact) mass is 670 g/mol. The number of hydrogen-bond acceptors (Lipinski definition) is 6. The lowest BCUT2D eigenvalue weighted by molar-refractivity contribution is -0.161. The second kappa shape index (κ2) is 33.2. The summed E-state index contributed by atoms with van der Waals surface area (Å²) in [5.74, 6) is -0.913. The minimum Gasteiger partial charge on any atom is -0.462 e. The molecule has 0 unspecified atom stereocenters. The first-order valence-electron chi connectivity index (χ1n) is 18.3. The number of carbonyl (C=O) groups is 2. The fourth-order valence-electron chi connectivity index (χ4n) is 4.85. The molecule has 0 amide bonds. The van der Waals surface area contributed by atoms with E-state index in [1.165, 1.54) is 51.4 Å². The van der Waals surface area contributed by atoms with Crippen LogP contribution in [0.3, 0.4) is 0 Å². The van der Waals surface area contributed by atoms with Crippen LogP contribution in [0.4, 0.5) is 0 Å². The summed E-state index contributed by atoms with van der Waals surface area (Å²) in [5, 5.41) is 0. The number of allylic oxidation sites excluding steroid dienone is 6. The van der Waals surface area contributed by atoms with E-state index < -0.39 is 32.5 Å². The van der Waals surface area contributed by atoms with Gasteiger partial charge in [-0.25, -0.2) is 4.57 Å². The van der Waals surface area contributed by atoms with Gasteiger partial charge in [-0.3, -0.25) is 14.1 Å². The van der Waals surface area contributed by atoms with E-state index in [4.69, 9.17) is 19.3 Å². The van der Waals surface area contributed by atoms with Gasteiger partial charge < -0.3 is 19.3 Å². The predicted octanol–water partition coefficient (Wildman–Crippen LogP) is 10.6. The molecule has 268 valence electrons. The van der Waals surface area contributed by atoms with Gasteiger partial charge in [0.15, 0.2) is 6.10 Å². The van der Waals surface area contributed by atoms with Gasteiger partial charge in [0.1, 0.15) is 6.61 Å². The van der Waals surface area contributed by atoms with Gasteiger partial charge in [0.2, 0.25) is 0 Å². The molecule has 0 saturated heterocycles. The Morgan fingerprint density at radius 3 is 1.52 bits per heavy atom. The Kier molecular flexibility index (Phi) is 31.9. The van der Waals surface area contributed by atoms with Gasteiger partial charge in [0.25, 0.3) is 0 Å². The smallest absolute Gasteiger partial charge is 0.462 e. The molecule has 0 heterocycles. The highest BCUT2D eigenvalue weighted by Gasteiger charge is 2.22. The molecule has 9 heteroatoms. The van der Waals surface area contributed by atoms with Gasteiger partial charge in [-0.05, 0) is 64.2 Å². The van der Waals surface area contributed by atoms with Crippen molar-refractivity contribution in [3.8, 4) is 0 Å². The molecule has 0 bridgehead atoms. The molecule has 0 fully saturated rings. The molecule has 0 rings (SSSR count). The minimum atomic E-state index is -4.75. The molecule has 0 aromatic carbocycles. The fourth-order valence-corrected chi connectivity index (χ4v) is 5.21. The minimum absolute atomic E-state index is 0.194. The van der Waals surface area contributed by atoms with Crippen molar-refractivity contribution in [2.24, 2.45) is 0 Å². The van der Waals surface area contributed by atoms with E-state index in [-0.39, 0.29) is 19.4 Å². The number of hydrogen-bond donors (Lipinski definition) is 2. The zero-order valence-corrected chi connectivity index (χ0v) is 30.1. The van der Waals surface area contributed by atoms with E-state index in [1.54, 1.807) is 0 Å². The number of ether oxygens (including phenoxy) is 2.